The summed E-state index contributed by atoms with van der Waals surface area (Å²) in [5.74, 6) is -3.41. The molecule has 13 heteroatoms. The van der Waals surface area contributed by atoms with Gasteiger partial charge in [-0.2, -0.15) is 0 Å². The van der Waals surface area contributed by atoms with E-state index < -0.39 is 54.6 Å². The summed E-state index contributed by atoms with van der Waals surface area (Å²) in [7, 11) is 0. The maximum absolute atomic E-state index is 14.8. The predicted octanol–water partition coefficient (Wildman–Crippen LogP) is 5.93. The average molecular weight is 571 g/mol. The smallest absolute Gasteiger partial charge is 0.479 e. The van der Waals surface area contributed by atoms with Gasteiger partial charge >= 0.3 is 18.4 Å². The number of carboxylic acids is 1. The van der Waals surface area contributed by atoms with Crippen LogP contribution in [0.3, 0.4) is 0 Å². The topological polar surface area (TPSA) is 96.4 Å². The molecule has 2 amide bonds. The van der Waals surface area contributed by atoms with Crippen LogP contribution in [0.5, 0.6) is 5.75 Å². The molecule has 39 heavy (non-hydrogen) atoms. The molecule has 0 unspecified atom stereocenters. The van der Waals surface area contributed by atoms with Crippen LogP contribution >= 0.6 is 11.6 Å². The minimum absolute atomic E-state index is 0.0833. The molecule has 1 N–H and O–H groups in total. The second-order valence-corrected chi connectivity index (χ2v) is 10.2. The Hall–Kier alpha value is -3.54. The number of rotatable bonds is 6. The molecular weight excluding hydrogens is 548 g/mol. The first kappa shape index (κ1) is 27.0. The van der Waals surface area contributed by atoms with Crippen LogP contribution < -0.4 is 9.64 Å². The fourth-order valence-electron chi connectivity index (χ4n) is 5.66. The van der Waals surface area contributed by atoms with Crippen molar-refractivity contribution < 1.29 is 46.5 Å². The molecule has 2 fully saturated rings. The molecule has 2 aliphatic carbocycles. The summed E-state index contributed by atoms with van der Waals surface area (Å²) in [5.41, 5.74) is 0.677. The molecule has 0 aromatic heterocycles. The summed E-state index contributed by atoms with van der Waals surface area (Å²) in [4.78, 5) is 40.8. The number of hydrogen-bond donors (Lipinski definition) is 1. The predicted molar refractivity (Wildman–Crippen MR) is 129 cm³/mol. The number of halogens is 5. The maximum atomic E-state index is 14.8. The Bertz CT molecular complexity index is 1300. The highest BCUT2D eigenvalue weighted by atomic mass is 35.5. The quantitative estimate of drug-likeness (QED) is 0.432. The van der Waals surface area contributed by atoms with Crippen LogP contribution in [-0.2, 0) is 9.53 Å². The first-order chi connectivity index (χ1) is 18.4. The highest BCUT2D eigenvalue weighted by Crippen LogP contribution is 2.53. The molecule has 3 aliphatic rings. The van der Waals surface area contributed by atoms with E-state index in [1.54, 1.807) is 0 Å². The van der Waals surface area contributed by atoms with Crippen molar-refractivity contribution in [1.29, 1.82) is 0 Å². The zero-order valence-corrected chi connectivity index (χ0v) is 21.0. The Balaban J connectivity index is 1.55. The third-order valence-electron chi connectivity index (χ3n) is 7.24. The molecule has 5 rings (SSSR count). The number of nitrogens with zero attached hydrogens (tertiary/aromatic N) is 2. The number of alkyl halides is 3. The number of benzene rings is 2. The van der Waals surface area contributed by atoms with E-state index in [9.17, 15) is 31.9 Å². The third-order valence-corrected chi connectivity index (χ3v) is 7.53. The number of carbonyl (C=O) groups excluding carboxylic acids is 2. The van der Waals surface area contributed by atoms with Gasteiger partial charge in [-0.15, -0.1) is 13.2 Å². The first-order valence-electron chi connectivity index (χ1n) is 12.3. The Morgan fingerprint density at radius 1 is 1.08 bits per heavy atom. The Kier molecular flexibility index (Phi) is 7.08. The number of carbonyl (C=O) groups is 3. The van der Waals surface area contributed by atoms with Crippen LogP contribution in [0.1, 0.15) is 54.1 Å². The van der Waals surface area contributed by atoms with Crippen molar-refractivity contribution in [1.82, 2.24) is 4.90 Å². The van der Waals surface area contributed by atoms with E-state index in [4.69, 9.17) is 21.4 Å². The highest BCUT2D eigenvalue weighted by Gasteiger charge is 2.52. The lowest BCUT2D eigenvalue weighted by molar-refractivity contribution is -0.274. The van der Waals surface area contributed by atoms with Crippen LogP contribution in [0.25, 0.3) is 0 Å². The lowest BCUT2D eigenvalue weighted by atomic mass is 9.81. The van der Waals surface area contributed by atoms with E-state index in [1.165, 1.54) is 34.1 Å². The largest absolute Gasteiger partial charge is 0.573 e. The fraction of sp³-hybridized carbons (Fsp3) is 0.423. The number of carboxylic acid groups (broad SMARTS) is 1. The normalized spacial score (nSPS) is 22.1. The molecule has 2 saturated carbocycles. The number of hydrogen-bond acceptors (Lipinski definition) is 5. The second kappa shape index (κ2) is 10.2. The van der Waals surface area contributed by atoms with Crippen molar-refractivity contribution in [3.05, 3.63) is 58.4 Å². The summed E-state index contributed by atoms with van der Waals surface area (Å²) in [6.45, 7) is -0.830. The van der Waals surface area contributed by atoms with Gasteiger partial charge in [0.15, 0.2) is 6.61 Å². The number of anilines is 1. The summed E-state index contributed by atoms with van der Waals surface area (Å²) in [6.07, 6.45) is -2.55. The van der Waals surface area contributed by atoms with Crippen molar-refractivity contribution in [3.63, 3.8) is 0 Å². The van der Waals surface area contributed by atoms with E-state index in [1.807, 2.05) is 0 Å². The summed E-state index contributed by atoms with van der Waals surface area (Å²) in [6, 6.07) is 5.62. The van der Waals surface area contributed by atoms with E-state index in [0.29, 0.717) is 37.7 Å². The monoisotopic (exact) mass is 570 g/mol. The lowest BCUT2D eigenvalue weighted by Gasteiger charge is -2.47. The Morgan fingerprint density at radius 3 is 2.38 bits per heavy atom. The molecule has 0 bridgehead atoms. The van der Waals surface area contributed by atoms with Gasteiger partial charge in [-0.05, 0) is 62.1 Å². The average Bonchev–Trinajstić information content (AvgIpc) is 3.58. The van der Waals surface area contributed by atoms with Crippen molar-refractivity contribution in [2.45, 2.75) is 56.6 Å². The number of aliphatic carboxylic acids is 1. The van der Waals surface area contributed by atoms with Gasteiger partial charge in [0.05, 0.1) is 16.8 Å². The zero-order valence-electron chi connectivity index (χ0n) is 20.3. The maximum Gasteiger partial charge on any atom is 0.573 e. The summed E-state index contributed by atoms with van der Waals surface area (Å²) < 4.78 is 61.5. The SMILES string of the molecule is O=C(O)COC(=O)N(C1CC1)[C@H]1c2cc(F)c(Cl)cc2N(C(=O)c2ccc(OC(F)(F)F)cc2)[C@H]2CCC[C@H]21. The van der Waals surface area contributed by atoms with Crippen LogP contribution in [0.15, 0.2) is 36.4 Å². The lowest BCUT2D eigenvalue weighted by Crippen LogP contribution is -2.53. The van der Waals surface area contributed by atoms with Gasteiger partial charge < -0.3 is 19.5 Å². The van der Waals surface area contributed by atoms with Gasteiger partial charge in [0.25, 0.3) is 5.91 Å². The van der Waals surface area contributed by atoms with Gasteiger partial charge in [-0.3, -0.25) is 9.69 Å². The summed E-state index contributed by atoms with van der Waals surface area (Å²) >= 11 is 6.13. The standard InChI is InChI=1S/C26H23ClF4N2O6/c27-18-11-21-17(10-19(18)28)23(32(14-6-7-14)25(37)38-12-22(34)35)16-2-1-3-20(16)33(21)24(36)13-4-8-15(9-5-13)39-26(29,30)31/h4-5,8-11,14,16,20,23H,1-3,6-7,12H2,(H,34,35)/t16-,20+,23-/m1/s1. The molecule has 8 nitrogen and oxygen atoms in total. The molecule has 2 aromatic carbocycles. The molecule has 1 aliphatic heterocycles. The van der Waals surface area contributed by atoms with Gasteiger partial charge in [0, 0.05) is 29.1 Å². The Morgan fingerprint density at radius 2 is 1.77 bits per heavy atom. The van der Waals surface area contributed by atoms with Crippen molar-refractivity contribution >= 4 is 35.3 Å². The van der Waals surface area contributed by atoms with E-state index in [0.717, 1.165) is 12.1 Å². The Labute approximate surface area is 225 Å². The molecular formula is C26H23ClF4N2O6. The molecule has 1 heterocycles. The minimum Gasteiger partial charge on any atom is -0.479 e. The first-order valence-corrected chi connectivity index (χ1v) is 12.7. The molecule has 208 valence electrons. The minimum atomic E-state index is -4.89. The van der Waals surface area contributed by atoms with E-state index >= 15 is 0 Å². The van der Waals surface area contributed by atoms with Crippen LogP contribution in [0.4, 0.5) is 28.0 Å². The second-order valence-electron chi connectivity index (χ2n) is 9.77. The van der Waals surface area contributed by atoms with Crippen molar-refractivity contribution in [3.8, 4) is 5.75 Å². The molecule has 0 saturated heterocycles. The number of fused-ring (bicyclic) bond motifs is 2. The third kappa shape index (κ3) is 5.47. The number of ether oxygens (including phenoxy) is 2. The number of amides is 2. The highest BCUT2D eigenvalue weighted by molar-refractivity contribution is 6.31. The van der Waals surface area contributed by atoms with E-state index in [2.05, 4.69) is 4.74 Å². The van der Waals surface area contributed by atoms with Crippen LogP contribution in [-0.4, -0.2) is 53.0 Å². The van der Waals surface area contributed by atoms with Gasteiger partial charge in [0.1, 0.15) is 11.6 Å². The zero-order chi connectivity index (χ0) is 28.1. The van der Waals surface area contributed by atoms with Crippen LogP contribution in [0, 0.1) is 11.7 Å². The van der Waals surface area contributed by atoms with Crippen LogP contribution in [0.2, 0.25) is 5.02 Å². The molecule has 0 radical (unpaired) electrons. The molecule has 2 aromatic rings. The van der Waals surface area contributed by atoms with Gasteiger partial charge in [0.2, 0.25) is 0 Å². The van der Waals surface area contributed by atoms with Crippen molar-refractivity contribution in [2.24, 2.45) is 5.92 Å². The molecule has 0 spiro atoms. The van der Waals surface area contributed by atoms with Gasteiger partial charge in [-0.25, -0.2) is 14.0 Å². The summed E-state index contributed by atoms with van der Waals surface area (Å²) in [5, 5.41) is 8.74. The van der Waals surface area contributed by atoms with Crippen molar-refractivity contribution in [2.75, 3.05) is 11.5 Å². The molecule has 3 atom stereocenters. The van der Waals surface area contributed by atoms with Gasteiger partial charge in [-0.1, -0.05) is 18.0 Å². The fourth-order valence-corrected chi connectivity index (χ4v) is 5.82. The van der Waals surface area contributed by atoms with E-state index in [-0.39, 0.29) is 28.2 Å².